The molecule has 230 valence electrons. The number of nitrogens with zero attached hydrogens (tertiary/aromatic N) is 1. The number of allylic oxidation sites excluding steroid dienone is 4. The van der Waals surface area contributed by atoms with Crippen LogP contribution in [0.5, 0.6) is 0 Å². The van der Waals surface area contributed by atoms with Crippen molar-refractivity contribution in [3.63, 3.8) is 0 Å². The highest BCUT2D eigenvalue weighted by atomic mass is 16.6. The van der Waals surface area contributed by atoms with Crippen LogP contribution in [0.3, 0.4) is 0 Å². The molecule has 47 heavy (non-hydrogen) atoms. The maximum absolute atomic E-state index is 15.1. The average molecular weight is 620 g/mol. The van der Waals surface area contributed by atoms with Gasteiger partial charge >= 0.3 is 0 Å². The van der Waals surface area contributed by atoms with E-state index in [2.05, 4.69) is 0 Å². The monoisotopic (exact) mass is 619 g/mol. The lowest BCUT2D eigenvalue weighted by Crippen LogP contribution is -2.36. The molecule has 0 spiro atoms. The van der Waals surface area contributed by atoms with Gasteiger partial charge in [0, 0.05) is 39.4 Å². The fourth-order valence-corrected chi connectivity index (χ4v) is 6.11. The van der Waals surface area contributed by atoms with Gasteiger partial charge in [-0.25, -0.2) is 0 Å². The summed E-state index contributed by atoms with van der Waals surface area (Å²) >= 11 is 0. The molecule has 0 aromatic heterocycles. The predicted molar refractivity (Wildman–Crippen MR) is 180 cm³/mol. The van der Waals surface area contributed by atoms with Gasteiger partial charge in [0.05, 0.1) is 10.3 Å². The summed E-state index contributed by atoms with van der Waals surface area (Å²) in [7, 11) is 0. The van der Waals surface area contributed by atoms with Crippen LogP contribution in [-0.2, 0) is 0 Å². The molecule has 0 saturated heterocycles. The Morgan fingerprint density at radius 1 is 0.660 bits per heavy atom. The molecule has 7 heteroatoms. The summed E-state index contributed by atoms with van der Waals surface area (Å²) in [6.07, 6.45) is 6.96. The van der Waals surface area contributed by atoms with Crippen molar-refractivity contribution in [3.05, 3.63) is 183 Å². The summed E-state index contributed by atoms with van der Waals surface area (Å²) in [6.45, 7) is 3.48. The molecule has 0 radical (unpaired) electrons. The Hall–Kier alpha value is -6.08. The van der Waals surface area contributed by atoms with E-state index in [1.807, 2.05) is 13.0 Å². The van der Waals surface area contributed by atoms with E-state index < -0.39 is 56.2 Å². The van der Waals surface area contributed by atoms with Crippen LogP contribution >= 0.6 is 0 Å². The van der Waals surface area contributed by atoms with Crippen molar-refractivity contribution in [1.29, 1.82) is 0 Å². The first-order chi connectivity index (χ1) is 22.6. The van der Waals surface area contributed by atoms with Gasteiger partial charge in [-0.1, -0.05) is 134 Å². The summed E-state index contributed by atoms with van der Waals surface area (Å²) in [5.41, 5.74) is -3.26. The molecule has 1 aliphatic carbocycles. The highest BCUT2D eigenvalue weighted by Gasteiger charge is 2.44. The van der Waals surface area contributed by atoms with Crippen molar-refractivity contribution in [2.75, 3.05) is 0 Å². The van der Waals surface area contributed by atoms with Crippen molar-refractivity contribution >= 4 is 39.6 Å². The maximum atomic E-state index is 15.1. The van der Waals surface area contributed by atoms with E-state index >= 15 is 4.79 Å². The lowest BCUT2D eigenvalue weighted by Gasteiger charge is -2.33. The average Bonchev–Trinajstić information content (AvgIpc) is 3.11. The van der Waals surface area contributed by atoms with Crippen molar-refractivity contribution in [1.82, 2.24) is 0 Å². The number of ketones is 4. The standard InChI is InChI=1S/C40H29NO6/c1-25-14-11-12-23-40(25,2)39(45)35-33(37(43)28-18-7-4-8-19-28)31(36(42)27-16-5-3-6-17-27)24-32(41(46)47)34(35)38(44)30-22-13-20-26-15-9-10-21-29(26)30/h3-25H,1-2H3. The topological polar surface area (TPSA) is 111 Å². The van der Waals surface area contributed by atoms with Crippen molar-refractivity contribution in [2.45, 2.75) is 13.8 Å². The Kier molecular flexibility index (Phi) is 8.14. The number of hydrogen-bond acceptors (Lipinski definition) is 6. The van der Waals surface area contributed by atoms with E-state index in [1.165, 1.54) is 30.3 Å². The highest BCUT2D eigenvalue weighted by Crippen LogP contribution is 2.42. The number of carbonyl (C=O) groups excluding carboxylic acids is 4. The van der Waals surface area contributed by atoms with Gasteiger partial charge in [0.25, 0.3) is 5.69 Å². The minimum absolute atomic E-state index is 0.123. The molecular weight excluding hydrogens is 590 g/mol. The van der Waals surface area contributed by atoms with Gasteiger partial charge < -0.3 is 0 Å². The second kappa shape index (κ2) is 12.4. The molecule has 0 heterocycles. The van der Waals surface area contributed by atoms with E-state index in [0.29, 0.717) is 10.8 Å². The molecule has 0 amide bonds. The zero-order valence-corrected chi connectivity index (χ0v) is 25.7. The van der Waals surface area contributed by atoms with Crippen LogP contribution in [-0.4, -0.2) is 28.1 Å². The highest BCUT2D eigenvalue weighted by molar-refractivity contribution is 6.30. The molecule has 0 saturated carbocycles. The van der Waals surface area contributed by atoms with Crippen LogP contribution in [0.4, 0.5) is 5.69 Å². The molecule has 2 atom stereocenters. The molecule has 1 aliphatic rings. The lowest BCUT2D eigenvalue weighted by molar-refractivity contribution is -0.385. The van der Waals surface area contributed by atoms with Gasteiger partial charge in [0.15, 0.2) is 17.3 Å². The van der Waals surface area contributed by atoms with Gasteiger partial charge in [0.2, 0.25) is 5.78 Å². The number of rotatable bonds is 9. The first-order valence-electron chi connectivity index (χ1n) is 15.1. The van der Waals surface area contributed by atoms with E-state index in [0.717, 1.165) is 6.07 Å². The van der Waals surface area contributed by atoms with E-state index in [1.54, 1.807) is 97.9 Å². The van der Waals surface area contributed by atoms with Crippen molar-refractivity contribution in [2.24, 2.45) is 11.3 Å². The number of benzene rings is 5. The molecule has 0 fully saturated rings. The van der Waals surface area contributed by atoms with Crippen LogP contribution in [0.2, 0.25) is 0 Å². The quantitative estimate of drug-likeness (QED) is 0.0931. The first kappa shape index (κ1) is 30.9. The minimum Gasteiger partial charge on any atom is -0.293 e. The third-order valence-electron chi connectivity index (χ3n) is 8.92. The first-order valence-corrected chi connectivity index (χ1v) is 15.1. The second-order valence-corrected chi connectivity index (χ2v) is 11.7. The number of carbonyl (C=O) groups is 4. The lowest BCUT2D eigenvalue weighted by atomic mass is 9.68. The van der Waals surface area contributed by atoms with Crippen LogP contribution in [0, 0.1) is 21.4 Å². The molecule has 6 rings (SSSR count). The minimum atomic E-state index is -1.31. The summed E-state index contributed by atoms with van der Waals surface area (Å²) in [5, 5.41) is 14.1. The molecule has 2 unspecified atom stereocenters. The van der Waals surface area contributed by atoms with Gasteiger partial charge in [0.1, 0.15) is 5.56 Å². The fraction of sp³-hybridized carbons (Fsp3) is 0.100. The Labute approximate surface area is 271 Å². The molecule has 0 N–H and O–H groups in total. The van der Waals surface area contributed by atoms with Gasteiger partial charge in [-0.2, -0.15) is 0 Å². The van der Waals surface area contributed by atoms with E-state index in [-0.39, 0.29) is 27.8 Å². The Morgan fingerprint density at radius 2 is 1.26 bits per heavy atom. The molecule has 5 aromatic rings. The Morgan fingerprint density at radius 3 is 1.89 bits per heavy atom. The predicted octanol–water partition coefficient (Wildman–Crippen LogP) is 8.39. The largest absolute Gasteiger partial charge is 0.293 e. The number of hydrogen-bond donors (Lipinski definition) is 0. The third-order valence-corrected chi connectivity index (χ3v) is 8.92. The fourth-order valence-electron chi connectivity index (χ4n) is 6.11. The number of fused-ring (bicyclic) bond motifs is 1. The smallest absolute Gasteiger partial charge is 0.282 e. The van der Waals surface area contributed by atoms with Crippen LogP contribution in [0.25, 0.3) is 10.8 Å². The molecule has 7 nitrogen and oxygen atoms in total. The Balaban J connectivity index is 1.78. The van der Waals surface area contributed by atoms with Crippen molar-refractivity contribution in [3.8, 4) is 0 Å². The van der Waals surface area contributed by atoms with Crippen LogP contribution in [0.1, 0.15) is 72.0 Å². The summed E-state index contributed by atoms with van der Waals surface area (Å²) < 4.78 is 0. The van der Waals surface area contributed by atoms with Gasteiger partial charge in [-0.3, -0.25) is 29.3 Å². The normalized spacial score (nSPS) is 16.9. The summed E-state index contributed by atoms with van der Waals surface area (Å²) in [6, 6.07) is 29.1. The zero-order chi connectivity index (χ0) is 33.3. The van der Waals surface area contributed by atoms with Crippen LogP contribution in [0.15, 0.2) is 133 Å². The number of nitro benzene ring substituents is 1. The number of Topliss-reactive ketones (excluding diaryl/α,β-unsaturated/α-hetero) is 1. The molecular formula is C40H29NO6. The van der Waals surface area contributed by atoms with Crippen molar-refractivity contribution < 1.29 is 24.1 Å². The summed E-state index contributed by atoms with van der Waals surface area (Å²) in [4.78, 5) is 70.7. The molecule has 0 bridgehead atoms. The Bertz CT molecular complexity index is 2160. The summed E-state index contributed by atoms with van der Waals surface area (Å²) in [5.74, 6) is -3.29. The molecule has 0 aliphatic heterocycles. The SMILES string of the molecule is CC1C=CC=CC1(C)C(=O)c1c(C(=O)c2ccccc2)c(C(=O)c2ccccc2)cc([N+](=O)[O-])c1C(=O)c1cccc2ccccc12. The van der Waals surface area contributed by atoms with Gasteiger partial charge in [-0.15, -0.1) is 0 Å². The van der Waals surface area contributed by atoms with Gasteiger partial charge in [-0.05, 0) is 23.6 Å². The second-order valence-electron chi connectivity index (χ2n) is 11.7. The zero-order valence-electron chi connectivity index (χ0n) is 25.7. The van der Waals surface area contributed by atoms with Crippen LogP contribution < -0.4 is 0 Å². The maximum Gasteiger partial charge on any atom is 0.282 e. The van der Waals surface area contributed by atoms with E-state index in [4.69, 9.17) is 0 Å². The molecule has 5 aromatic carbocycles. The third kappa shape index (κ3) is 5.42. The van der Waals surface area contributed by atoms with E-state index in [9.17, 15) is 24.5 Å². The number of nitro groups is 1.